The number of pyridine rings is 1. The van der Waals surface area contributed by atoms with E-state index in [1.807, 2.05) is 20.8 Å². The van der Waals surface area contributed by atoms with E-state index in [2.05, 4.69) is 15.0 Å². The van der Waals surface area contributed by atoms with Crippen molar-refractivity contribution in [3.05, 3.63) is 63.7 Å². The molecule has 3 heterocycles. The summed E-state index contributed by atoms with van der Waals surface area (Å²) < 4.78 is 49.8. The Balaban J connectivity index is 1.86. The number of fused-ring (bicyclic) bond motifs is 1. The fourth-order valence-corrected chi connectivity index (χ4v) is 6.30. The predicted molar refractivity (Wildman–Crippen MR) is 187 cm³/mol. The number of carbonyl (C=O) groups is 2. The molecule has 0 aliphatic carbocycles. The van der Waals surface area contributed by atoms with E-state index in [9.17, 15) is 18.0 Å². The summed E-state index contributed by atoms with van der Waals surface area (Å²) in [4.78, 5) is 40.9. The molecule has 1 atom stereocenters. The van der Waals surface area contributed by atoms with E-state index in [0.717, 1.165) is 16.7 Å². The standard InChI is InChI=1S/C34H43ClN6O8S/c1-19-12-14-23(15-13-19)50(44,45)49-21(3)16-24-26-28(35)37-30(41(31(42)47-33(5,6)7)32(43)48-34(8,9)10)38-29(26)40(39-24)18-25-22(4)27(46-11)20(2)17-36-25/h12-15,17,21H,16,18H2,1-11H3. The molecule has 3 aromatic heterocycles. The largest absolute Gasteiger partial charge is 0.496 e. The Kier molecular flexibility index (Phi) is 11.1. The van der Waals surface area contributed by atoms with Crippen molar-refractivity contribution in [3.63, 3.8) is 0 Å². The van der Waals surface area contributed by atoms with Crippen molar-refractivity contribution in [1.29, 1.82) is 0 Å². The average molecular weight is 731 g/mol. The van der Waals surface area contributed by atoms with Crippen molar-refractivity contribution < 1.29 is 36.4 Å². The summed E-state index contributed by atoms with van der Waals surface area (Å²) in [5, 5.41) is 4.84. The summed E-state index contributed by atoms with van der Waals surface area (Å²) in [6, 6.07) is 6.30. The number of imide groups is 1. The lowest BCUT2D eigenvalue weighted by atomic mass is 10.1. The quantitative estimate of drug-likeness (QED) is 0.130. The lowest BCUT2D eigenvalue weighted by Gasteiger charge is -2.27. The second-order valence-electron chi connectivity index (χ2n) is 13.8. The van der Waals surface area contributed by atoms with Crippen LogP contribution < -0.4 is 9.64 Å². The number of aromatic nitrogens is 5. The Morgan fingerprint density at radius 3 is 2.06 bits per heavy atom. The maximum Gasteiger partial charge on any atom is 0.427 e. The van der Waals surface area contributed by atoms with Crippen LogP contribution in [0.5, 0.6) is 5.75 Å². The number of hydrogen-bond acceptors (Lipinski definition) is 12. The van der Waals surface area contributed by atoms with Gasteiger partial charge in [-0.25, -0.2) is 14.3 Å². The number of rotatable bonds is 9. The van der Waals surface area contributed by atoms with Crippen LogP contribution in [0.2, 0.25) is 5.15 Å². The molecule has 1 aromatic carbocycles. The Morgan fingerprint density at radius 2 is 1.52 bits per heavy atom. The summed E-state index contributed by atoms with van der Waals surface area (Å²) in [6.07, 6.45) is -1.43. The van der Waals surface area contributed by atoms with Crippen molar-refractivity contribution in [1.82, 2.24) is 24.7 Å². The number of methoxy groups -OCH3 is 1. The van der Waals surface area contributed by atoms with Crippen LogP contribution in [0, 0.1) is 20.8 Å². The topological polar surface area (TPSA) is 165 Å². The first kappa shape index (κ1) is 38.5. The van der Waals surface area contributed by atoms with Crippen molar-refractivity contribution in [2.24, 2.45) is 0 Å². The number of halogens is 1. The van der Waals surface area contributed by atoms with Gasteiger partial charge in [0, 0.05) is 23.7 Å². The lowest BCUT2D eigenvalue weighted by molar-refractivity contribution is 0.0427. The van der Waals surface area contributed by atoms with E-state index in [-0.39, 0.29) is 34.0 Å². The van der Waals surface area contributed by atoms with Gasteiger partial charge in [0.15, 0.2) is 5.65 Å². The molecule has 2 amide bonds. The van der Waals surface area contributed by atoms with E-state index in [4.69, 9.17) is 35.1 Å². The van der Waals surface area contributed by atoms with Crippen molar-refractivity contribution in [2.75, 3.05) is 12.0 Å². The van der Waals surface area contributed by atoms with Gasteiger partial charge < -0.3 is 14.2 Å². The summed E-state index contributed by atoms with van der Waals surface area (Å²) in [5.41, 5.74) is 1.54. The third-order valence-electron chi connectivity index (χ3n) is 7.09. The molecule has 0 aliphatic heterocycles. The van der Waals surface area contributed by atoms with Crippen LogP contribution in [-0.4, -0.2) is 69.8 Å². The van der Waals surface area contributed by atoms with Gasteiger partial charge in [0.25, 0.3) is 10.1 Å². The van der Waals surface area contributed by atoms with Crippen LogP contribution in [0.1, 0.15) is 76.5 Å². The Morgan fingerprint density at radius 1 is 0.940 bits per heavy atom. The predicted octanol–water partition coefficient (Wildman–Crippen LogP) is 6.87. The highest BCUT2D eigenvalue weighted by atomic mass is 35.5. The molecule has 0 bridgehead atoms. The zero-order valence-electron chi connectivity index (χ0n) is 30.1. The molecule has 0 radical (unpaired) electrons. The summed E-state index contributed by atoms with van der Waals surface area (Å²) in [7, 11) is -2.55. The van der Waals surface area contributed by atoms with Gasteiger partial charge in [-0.3, -0.25) is 9.17 Å². The van der Waals surface area contributed by atoms with Crippen LogP contribution in [0.25, 0.3) is 11.0 Å². The summed E-state index contributed by atoms with van der Waals surface area (Å²) in [5.74, 6) is 0.223. The fourth-order valence-electron chi connectivity index (χ4n) is 4.95. The molecule has 0 saturated carbocycles. The molecular weight excluding hydrogens is 688 g/mol. The molecule has 4 rings (SSSR count). The molecule has 0 spiro atoms. The number of carbonyl (C=O) groups excluding carboxylic acids is 2. The van der Waals surface area contributed by atoms with Gasteiger partial charge in [-0.2, -0.15) is 23.5 Å². The van der Waals surface area contributed by atoms with Crippen LogP contribution in [0.3, 0.4) is 0 Å². The molecule has 270 valence electrons. The molecular formula is C34H43ClN6O8S. The molecule has 1 unspecified atom stereocenters. The monoisotopic (exact) mass is 730 g/mol. The molecule has 14 nitrogen and oxygen atoms in total. The maximum absolute atomic E-state index is 13.4. The summed E-state index contributed by atoms with van der Waals surface area (Å²) >= 11 is 6.80. The number of nitrogens with zero attached hydrogens (tertiary/aromatic N) is 6. The lowest BCUT2D eigenvalue weighted by Crippen LogP contribution is -2.44. The maximum atomic E-state index is 13.4. The highest BCUT2D eigenvalue weighted by Crippen LogP contribution is 2.31. The third kappa shape index (κ3) is 9.06. The van der Waals surface area contributed by atoms with Gasteiger partial charge in [0.2, 0.25) is 5.95 Å². The normalized spacial score (nSPS) is 12.9. The molecule has 50 heavy (non-hydrogen) atoms. The van der Waals surface area contributed by atoms with Gasteiger partial charge >= 0.3 is 12.2 Å². The Bertz CT molecular complexity index is 1990. The first-order valence-corrected chi connectivity index (χ1v) is 17.6. The van der Waals surface area contributed by atoms with E-state index in [1.54, 1.807) is 73.9 Å². The zero-order valence-corrected chi connectivity index (χ0v) is 31.7. The number of ether oxygens (including phenoxy) is 3. The van der Waals surface area contributed by atoms with Gasteiger partial charge in [-0.15, -0.1) is 4.90 Å². The van der Waals surface area contributed by atoms with E-state index < -0.39 is 45.6 Å². The number of amides is 2. The van der Waals surface area contributed by atoms with Gasteiger partial charge in [0.1, 0.15) is 22.1 Å². The molecule has 4 aromatic rings. The minimum Gasteiger partial charge on any atom is -0.496 e. The molecule has 0 aliphatic rings. The molecule has 0 fully saturated rings. The van der Waals surface area contributed by atoms with Crippen molar-refractivity contribution >= 4 is 50.9 Å². The van der Waals surface area contributed by atoms with Gasteiger partial charge in [-0.1, -0.05) is 29.3 Å². The smallest absolute Gasteiger partial charge is 0.427 e. The number of benzene rings is 1. The molecule has 16 heteroatoms. The highest BCUT2D eigenvalue weighted by molar-refractivity contribution is 7.86. The third-order valence-corrected chi connectivity index (χ3v) is 8.80. The van der Waals surface area contributed by atoms with Crippen LogP contribution in [0.15, 0.2) is 35.4 Å². The van der Waals surface area contributed by atoms with Gasteiger partial charge in [0.05, 0.1) is 41.4 Å². The van der Waals surface area contributed by atoms with Crippen molar-refractivity contribution in [3.8, 4) is 5.75 Å². The minimum absolute atomic E-state index is 0.00981. The molecule has 0 N–H and O–H groups in total. The Hall–Kier alpha value is -4.34. The van der Waals surface area contributed by atoms with E-state index in [1.165, 1.54) is 16.8 Å². The van der Waals surface area contributed by atoms with Crippen LogP contribution in [0.4, 0.5) is 15.5 Å². The number of aryl methyl sites for hydroxylation is 2. The van der Waals surface area contributed by atoms with Gasteiger partial charge in [-0.05, 0) is 81.4 Å². The summed E-state index contributed by atoms with van der Waals surface area (Å²) in [6.45, 7) is 17.1. The van der Waals surface area contributed by atoms with Crippen molar-refractivity contribution in [2.45, 2.75) is 104 Å². The Labute approximate surface area is 297 Å². The number of hydrogen-bond donors (Lipinski definition) is 0. The first-order valence-electron chi connectivity index (χ1n) is 15.8. The second-order valence-corrected chi connectivity index (χ2v) is 15.8. The zero-order chi connectivity index (χ0) is 37.3. The van der Waals surface area contributed by atoms with E-state index >= 15 is 0 Å². The minimum atomic E-state index is -4.12. The fraction of sp³-hybridized carbons (Fsp3) is 0.471. The van der Waals surface area contributed by atoms with Crippen LogP contribution in [-0.2, 0) is 36.7 Å². The second kappa shape index (κ2) is 14.5. The van der Waals surface area contributed by atoms with Crippen LogP contribution >= 0.6 is 11.6 Å². The van der Waals surface area contributed by atoms with E-state index in [0.29, 0.717) is 22.0 Å². The molecule has 0 saturated heterocycles. The SMILES string of the molecule is COc1c(C)cnc(Cn2nc(CC(C)OS(=O)(=O)c3ccc(C)cc3)c3c(Cl)nc(N(C(=O)OC(C)(C)C)C(=O)OC(C)(C)C)nc32)c1C. The average Bonchev–Trinajstić information content (AvgIpc) is 3.29. The number of anilines is 1. The first-order chi connectivity index (χ1) is 23.1. The highest BCUT2D eigenvalue weighted by Gasteiger charge is 2.36.